The summed E-state index contributed by atoms with van der Waals surface area (Å²) in [5.41, 5.74) is 4.46. The lowest BCUT2D eigenvalue weighted by molar-refractivity contribution is 0.412. The Hall–Kier alpha value is -1.90. The van der Waals surface area contributed by atoms with E-state index in [0.29, 0.717) is 6.04 Å². The van der Waals surface area contributed by atoms with Crippen LogP contribution in [0.25, 0.3) is 0 Å². The third-order valence-electron chi connectivity index (χ3n) is 7.66. The topological polar surface area (TPSA) is 12.0 Å². The second-order valence-corrected chi connectivity index (χ2v) is 13.2. The van der Waals surface area contributed by atoms with Crippen LogP contribution in [0.15, 0.2) is 83.5 Å². The van der Waals surface area contributed by atoms with Crippen LogP contribution in [0.4, 0.5) is 0 Å². The molecule has 1 nitrogen and oxygen atoms in total. The highest BCUT2D eigenvalue weighted by atomic mass is 28.3. The summed E-state index contributed by atoms with van der Waals surface area (Å²) < 4.78 is 0. The average molecular weight is 402 g/mol. The third kappa shape index (κ3) is 3.37. The van der Waals surface area contributed by atoms with Gasteiger partial charge in [-0.05, 0) is 49.6 Å². The molecule has 2 aromatic carbocycles. The standard InChI is InChI=1S/C27H35NSi/c1-21-20-27(4,23(3)22(21)2)29(25-16-10-6-11-17-25,26-18-12-7-13-19-26)28-24-14-8-5-9-15-24/h6-7,10-13,16-20,24,28H,5,8-9,14-15H2,1-4H3. The molecule has 29 heavy (non-hydrogen) atoms. The lowest BCUT2D eigenvalue weighted by Gasteiger charge is -2.49. The zero-order valence-electron chi connectivity index (χ0n) is 18.5. The number of hydrogen-bond donors (Lipinski definition) is 1. The van der Waals surface area contributed by atoms with E-state index < -0.39 is 8.24 Å². The maximum Gasteiger partial charge on any atom is 0.204 e. The van der Waals surface area contributed by atoms with E-state index in [4.69, 9.17) is 0 Å². The lowest BCUT2D eigenvalue weighted by atomic mass is 9.96. The van der Waals surface area contributed by atoms with Crippen LogP contribution in [0.1, 0.15) is 59.8 Å². The molecule has 0 amide bonds. The van der Waals surface area contributed by atoms with E-state index in [1.54, 1.807) is 0 Å². The van der Waals surface area contributed by atoms with Crippen LogP contribution in [-0.4, -0.2) is 14.3 Å². The molecular weight excluding hydrogens is 366 g/mol. The lowest BCUT2D eigenvalue weighted by Crippen LogP contribution is -2.76. The summed E-state index contributed by atoms with van der Waals surface area (Å²) in [6.45, 7) is 9.48. The van der Waals surface area contributed by atoms with Crippen LogP contribution < -0.4 is 15.4 Å². The predicted molar refractivity (Wildman–Crippen MR) is 128 cm³/mol. The Morgan fingerprint density at radius 2 is 1.31 bits per heavy atom. The van der Waals surface area contributed by atoms with Crippen LogP contribution >= 0.6 is 0 Å². The van der Waals surface area contributed by atoms with Gasteiger partial charge in [0.2, 0.25) is 8.24 Å². The molecule has 0 bridgehead atoms. The van der Waals surface area contributed by atoms with Crippen molar-refractivity contribution in [2.75, 3.05) is 0 Å². The quantitative estimate of drug-likeness (QED) is 0.631. The molecule has 1 saturated carbocycles. The highest BCUT2D eigenvalue weighted by molar-refractivity contribution is 7.03. The van der Waals surface area contributed by atoms with Crippen molar-refractivity contribution in [3.05, 3.63) is 83.5 Å². The van der Waals surface area contributed by atoms with Crippen molar-refractivity contribution < 1.29 is 0 Å². The Kier molecular flexibility index (Phi) is 5.68. The van der Waals surface area contributed by atoms with Crippen molar-refractivity contribution in [2.24, 2.45) is 0 Å². The van der Waals surface area contributed by atoms with Gasteiger partial charge in [-0.3, -0.25) is 0 Å². The zero-order valence-corrected chi connectivity index (χ0v) is 19.5. The summed E-state index contributed by atoms with van der Waals surface area (Å²) in [4.78, 5) is 4.42. The largest absolute Gasteiger partial charge is 0.327 e. The first-order chi connectivity index (χ1) is 14.0. The van der Waals surface area contributed by atoms with Gasteiger partial charge in [-0.2, -0.15) is 0 Å². The highest BCUT2D eigenvalue weighted by Gasteiger charge is 2.55. The van der Waals surface area contributed by atoms with E-state index in [1.165, 1.54) is 59.2 Å². The first-order valence-corrected chi connectivity index (χ1v) is 13.3. The minimum Gasteiger partial charge on any atom is -0.327 e. The van der Waals surface area contributed by atoms with Gasteiger partial charge in [-0.15, -0.1) is 0 Å². The summed E-state index contributed by atoms with van der Waals surface area (Å²) in [5, 5.41) is 3.01. The van der Waals surface area contributed by atoms with E-state index in [2.05, 4.69) is 99.4 Å². The van der Waals surface area contributed by atoms with Crippen molar-refractivity contribution in [1.29, 1.82) is 0 Å². The fourth-order valence-corrected chi connectivity index (χ4v) is 11.4. The number of rotatable bonds is 5. The monoisotopic (exact) mass is 401 g/mol. The van der Waals surface area contributed by atoms with Gasteiger partial charge in [0.05, 0.1) is 0 Å². The third-order valence-corrected chi connectivity index (χ3v) is 13.0. The Labute approximate surface area is 178 Å². The van der Waals surface area contributed by atoms with Gasteiger partial charge in [-0.1, -0.05) is 104 Å². The number of hydrogen-bond acceptors (Lipinski definition) is 1. The van der Waals surface area contributed by atoms with Crippen molar-refractivity contribution in [2.45, 2.75) is 70.9 Å². The molecule has 0 saturated heterocycles. The molecule has 2 aromatic rings. The smallest absolute Gasteiger partial charge is 0.204 e. The van der Waals surface area contributed by atoms with Gasteiger partial charge >= 0.3 is 0 Å². The zero-order chi connectivity index (χ0) is 20.5. The summed E-state index contributed by atoms with van der Waals surface area (Å²) in [6, 6.07) is 23.3. The molecule has 1 N–H and O–H groups in total. The molecule has 1 unspecified atom stereocenters. The predicted octanol–water partition coefficient (Wildman–Crippen LogP) is 5.73. The Morgan fingerprint density at radius 1 is 0.793 bits per heavy atom. The van der Waals surface area contributed by atoms with Gasteiger partial charge in [0.15, 0.2) is 0 Å². The number of allylic oxidation sites excluding steroid dienone is 4. The van der Waals surface area contributed by atoms with Crippen LogP contribution in [0, 0.1) is 0 Å². The molecule has 2 aliphatic rings. The summed E-state index contributed by atoms with van der Waals surface area (Å²) in [5.74, 6) is 0. The molecule has 0 aromatic heterocycles. The molecule has 4 rings (SSSR count). The van der Waals surface area contributed by atoms with Crippen molar-refractivity contribution in [1.82, 2.24) is 4.98 Å². The summed E-state index contributed by atoms with van der Waals surface area (Å²) in [7, 11) is -2.36. The molecule has 2 aliphatic carbocycles. The maximum absolute atomic E-state index is 4.42. The molecule has 0 aliphatic heterocycles. The van der Waals surface area contributed by atoms with Crippen molar-refractivity contribution >= 4 is 18.6 Å². The van der Waals surface area contributed by atoms with Gasteiger partial charge in [0, 0.05) is 11.1 Å². The fourth-order valence-electron chi connectivity index (χ4n) is 5.74. The second-order valence-electron chi connectivity index (χ2n) is 9.24. The Bertz CT molecular complexity index is 867. The van der Waals surface area contributed by atoms with E-state index in [1.807, 2.05) is 0 Å². The molecule has 2 heteroatoms. The van der Waals surface area contributed by atoms with E-state index >= 15 is 0 Å². The van der Waals surface area contributed by atoms with Gasteiger partial charge in [0.1, 0.15) is 0 Å². The van der Waals surface area contributed by atoms with Crippen LogP contribution in [-0.2, 0) is 0 Å². The van der Waals surface area contributed by atoms with Crippen LogP contribution in [0.5, 0.6) is 0 Å². The van der Waals surface area contributed by atoms with Crippen molar-refractivity contribution in [3.8, 4) is 0 Å². The highest BCUT2D eigenvalue weighted by Crippen LogP contribution is 2.52. The number of benzene rings is 2. The Morgan fingerprint density at radius 3 is 1.76 bits per heavy atom. The van der Waals surface area contributed by atoms with E-state index in [9.17, 15) is 0 Å². The van der Waals surface area contributed by atoms with Gasteiger partial charge in [-0.25, -0.2) is 0 Å². The SMILES string of the molecule is CC1=CC(C)([Si](NC2CCCCC2)(c2ccccc2)c2ccccc2)C(C)=C1C. The molecule has 1 fully saturated rings. The van der Waals surface area contributed by atoms with Gasteiger partial charge < -0.3 is 4.98 Å². The molecule has 0 radical (unpaired) electrons. The van der Waals surface area contributed by atoms with Crippen LogP contribution in [0.3, 0.4) is 0 Å². The first-order valence-electron chi connectivity index (χ1n) is 11.3. The molecular formula is C27H35NSi. The minimum absolute atomic E-state index is 0.0152. The maximum atomic E-state index is 4.42. The van der Waals surface area contributed by atoms with Crippen molar-refractivity contribution in [3.63, 3.8) is 0 Å². The summed E-state index contributed by atoms with van der Waals surface area (Å²) >= 11 is 0. The van der Waals surface area contributed by atoms with E-state index in [0.717, 1.165) is 0 Å². The normalized spacial score (nSPS) is 23.4. The minimum atomic E-state index is -2.36. The first kappa shape index (κ1) is 20.4. The summed E-state index contributed by atoms with van der Waals surface area (Å²) in [6.07, 6.45) is 9.28. The van der Waals surface area contributed by atoms with E-state index in [-0.39, 0.29) is 5.04 Å². The molecule has 0 heterocycles. The molecule has 1 atom stereocenters. The average Bonchev–Trinajstić information content (AvgIpc) is 2.97. The number of nitrogens with one attached hydrogen (secondary N) is 1. The fraction of sp³-hybridized carbons (Fsp3) is 0.407. The van der Waals surface area contributed by atoms with Crippen LogP contribution in [0.2, 0.25) is 5.04 Å². The Balaban J connectivity index is 1.99. The molecule has 152 valence electrons. The second kappa shape index (κ2) is 8.08. The van der Waals surface area contributed by atoms with Gasteiger partial charge in [0.25, 0.3) is 0 Å². The molecule has 0 spiro atoms.